The molecule has 0 saturated carbocycles. The second kappa shape index (κ2) is 4.22. The number of aromatic nitrogens is 1. The molecule has 98 valence electrons. The van der Waals surface area contributed by atoms with Crippen LogP contribution in [0.25, 0.3) is 32.1 Å². The highest BCUT2D eigenvalue weighted by Gasteiger charge is 2.10. The highest BCUT2D eigenvalue weighted by Crippen LogP contribution is 2.37. The lowest BCUT2D eigenvalue weighted by molar-refractivity contribution is 1.30. The van der Waals surface area contributed by atoms with E-state index in [1.54, 1.807) is 0 Å². The van der Waals surface area contributed by atoms with Crippen molar-refractivity contribution in [2.45, 2.75) is 13.8 Å². The van der Waals surface area contributed by atoms with Gasteiger partial charge in [-0.3, -0.25) is 0 Å². The van der Waals surface area contributed by atoms with E-state index >= 15 is 0 Å². The zero-order valence-corrected chi connectivity index (χ0v) is 12.3. The summed E-state index contributed by atoms with van der Waals surface area (Å²) in [5.74, 6) is 0. The van der Waals surface area contributed by atoms with Crippen molar-refractivity contribution in [3.63, 3.8) is 0 Å². The van der Waals surface area contributed by atoms with Crippen LogP contribution in [0.5, 0.6) is 0 Å². The molecular formula is C18H15NS. The van der Waals surface area contributed by atoms with Gasteiger partial charge in [0.1, 0.15) is 0 Å². The van der Waals surface area contributed by atoms with Gasteiger partial charge in [0.25, 0.3) is 0 Å². The molecule has 0 aliphatic carbocycles. The van der Waals surface area contributed by atoms with Crippen molar-refractivity contribution in [3.05, 3.63) is 59.1 Å². The molecule has 2 aromatic carbocycles. The molecule has 2 aromatic heterocycles. The smallest absolute Gasteiger partial charge is 0.0462 e. The minimum atomic E-state index is 1.21. The number of aromatic amines is 1. The Bertz CT molecular complexity index is 849. The van der Waals surface area contributed by atoms with E-state index in [1.165, 1.54) is 42.7 Å². The fourth-order valence-corrected chi connectivity index (χ4v) is 3.97. The third-order valence-corrected chi connectivity index (χ3v) is 4.86. The number of fused-ring (bicyclic) bond motifs is 2. The molecule has 2 heterocycles. The number of benzene rings is 2. The summed E-state index contributed by atoms with van der Waals surface area (Å²) in [6.45, 7) is 4.29. The summed E-state index contributed by atoms with van der Waals surface area (Å²) in [5.41, 5.74) is 5.08. The van der Waals surface area contributed by atoms with Crippen LogP contribution in [0.1, 0.15) is 10.6 Å². The molecule has 0 unspecified atom stereocenters. The molecule has 2 heteroatoms. The Morgan fingerprint density at radius 3 is 2.60 bits per heavy atom. The molecule has 0 spiro atoms. The van der Waals surface area contributed by atoms with Crippen molar-refractivity contribution in [3.8, 4) is 11.1 Å². The topological polar surface area (TPSA) is 15.8 Å². The zero-order valence-electron chi connectivity index (χ0n) is 11.5. The molecule has 4 rings (SSSR count). The Kier molecular flexibility index (Phi) is 2.48. The third-order valence-electron chi connectivity index (χ3n) is 3.76. The van der Waals surface area contributed by atoms with Gasteiger partial charge in [0.05, 0.1) is 0 Å². The minimum Gasteiger partial charge on any atom is -0.359 e. The number of H-pyrrole nitrogens is 1. The maximum atomic E-state index is 3.43. The lowest BCUT2D eigenvalue weighted by atomic mass is 10.0. The van der Waals surface area contributed by atoms with Gasteiger partial charge in [0.15, 0.2) is 0 Å². The number of nitrogens with one attached hydrogen (secondary N) is 1. The maximum Gasteiger partial charge on any atom is 0.0462 e. The van der Waals surface area contributed by atoms with Gasteiger partial charge in [0, 0.05) is 31.7 Å². The van der Waals surface area contributed by atoms with E-state index < -0.39 is 0 Å². The van der Waals surface area contributed by atoms with Gasteiger partial charge in [-0.1, -0.05) is 30.3 Å². The number of hydrogen-bond donors (Lipinski definition) is 1. The fraction of sp³-hybridized carbons (Fsp3) is 0.111. The minimum absolute atomic E-state index is 1.21. The van der Waals surface area contributed by atoms with Crippen molar-refractivity contribution < 1.29 is 0 Å². The van der Waals surface area contributed by atoms with Crippen LogP contribution in [0, 0.1) is 13.8 Å². The summed E-state index contributed by atoms with van der Waals surface area (Å²) in [7, 11) is 0. The Morgan fingerprint density at radius 1 is 0.900 bits per heavy atom. The van der Waals surface area contributed by atoms with E-state index in [-0.39, 0.29) is 0 Å². The van der Waals surface area contributed by atoms with Gasteiger partial charge in [0.2, 0.25) is 0 Å². The molecule has 0 radical (unpaired) electrons. The number of thiophene rings is 1. The van der Waals surface area contributed by atoms with Crippen molar-refractivity contribution in [1.29, 1.82) is 0 Å². The molecule has 4 aromatic rings. The monoisotopic (exact) mass is 277 g/mol. The second-order valence-electron chi connectivity index (χ2n) is 5.30. The van der Waals surface area contributed by atoms with E-state index in [1.807, 2.05) is 11.3 Å². The van der Waals surface area contributed by atoms with E-state index in [0.717, 1.165) is 0 Å². The molecule has 0 aliphatic rings. The summed E-state index contributed by atoms with van der Waals surface area (Å²) in [5, 5.41) is 2.65. The van der Waals surface area contributed by atoms with Crippen LogP contribution in [0.4, 0.5) is 0 Å². The average molecular weight is 277 g/mol. The first-order chi connectivity index (χ1) is 9.72. The molecule has 0 fully saturated rings. The highest BCUT2D eigenvalue weighted by atomic mass is 32.1. The third kappa shape index (κ3) is 1.69. The molecule has 0 bridgehead atoms. The van der Waals surface area contributed by atoms with Crippen LogP contribution < -0.4 is 0 Å². The summed E-state index contributed by atoms with van der Waals surface area (Å²) >= 11 is 1.88. The normalized spacial score (nSPS) is 11.5. The van der Waals surface area contributed by atoms with Gasteiger partial charge < -0.3 is 4.98 Å². The molecule has 0 atom stereocenters. The maximum absolute atomic E-state index is 3.43. The van der Waals surface area contributed by atoms with Gasteiger partial charge in [-0.15, -0.1) is 11.3 Å². The Balaban J connectivity index is 2.10. The average Bonchev–Trinajstić information content (AvgIpc) is 2.98. The van der Waals surface area contributed by atoms with Gasteiger partial charge in [-0.25, -0.2) is 0 Å². The molecule has 20 heavy (non-hydrogen) atoms. The van der Waals surface area contributed by atoms with Crippen LogP contribution >= 0.6 is 11.3 Å². The first-order valence-corrected chi connectivity index (χ1v) is 7.62. The summed E-state index contributed by atoms with van der Waals surface area (Å²) < 4.78 is 1.39. The largest absolute Gasteiger partial charge is 0.359 e. The molecule has 1 N–H and O–H groups in total. The molecule has 0 saturated heterocycles. The predicted octanol–water partition coefficient (Wildman–Crippen LogP) is 5.67. The van der Waals surface area contributed by atoms with Crippen LogP contribution in [-0.4, -0.2) is 4.98 Å². The second-order valence-corrected chi connectivity index (χ2v) is 6.56. The summed E-state index contributed by atoms with van der Waals surface area (Å²) in [6, 6.07) is 17.6. The predicted molar refractivity (Wildman–Crippen MR) is 88.6 cm³/mol. The number of hydrogen-bond acceptors (Lipinski definition) is 1. The van der Waals surface area contributed by atoms with Crippen LogP contribution in [-0.2, 0) is 0 Å². The summed E-state index contributed by atoms with van der Waals surface area (Å²) in [4.78, 5) is 4.79. The van der Waals surface area contributed by atoms with Gasteiger partial charge in [-0.05, 0) is 43.0 Å². The van der Waals surface area contributed by atoms with Crippen molar-refractivity contribution in [2.75, 3.05) is 0 Å². The molecule has 0 aliphatic heterocycles. The van der Waals surface area contributed by atoms with Crippen LogP contribution in [0.3, 0.4) is 0 Å². The Hall–Kier alpha value is -2.06. The molecule has 0 amide bonds. The Morgan fingerprint density at radius 2 is 1.70 bits per heavy atom. The van der Waals surface area contributed by atoms with Crippen LogP contribution in [0.15, 0.2) is 48.5 Å². The highest BCUT2D eigenvalue weighted by molar-refractivity contribution is 7.19. The molecular weight excluding hydrogens is 262 g/mol. The van der Waals surface area contributed by atoms with Crippen molar-refractivity contribution in [1.82, 2.24) is 4.98 Å². The lowest BCUT2D eigenvalue weighted by Crippen LogP contribution is -1.79. The fourth-order valence-electron chi connectivity index (χ4n) is 2.93. The van der Waals surface area contributed by atoms with Crippen molar-refractivity contribution >= 4 is 32.3 Å². The van der Waals surface area contributed by atoms with Crippen LogP contribution in [0.2, 0.25) is 0 Å². The SMILES string of the molecule is Cc1cc2c(-c3cccc4cc(C)sc34)cccc2[nH]1. The van der Waals surface area contributed by atoms with E-state index in [2.05, 4.69) is 67.4 Å². The Labute approximate surface area is 121 Å². The number of rotatable bonds is 1. The first kappa shape index (κ1) is 11.7. The van der Waals surface area contributed by atoms with Gasteiger partial charge in [-0.2, -0.15) is 0 Å². The summed E-state index contributed by atoms with van der Waals surface area (Å²) in [6.07, 6.45) is 0. The quantitative estimate of drug-likeness (QED) is 0.461. The number of aryl methyl sites for hydroxylation is 2. The standard InChI is InChI=1S/C18H15NS/c1-11-9-16-14(6-4-8-17(16)19-11)15-7-3-5-13-10-12(2)20-18(13)15/h3-10,19H,1-2H3. The first-order valence-electron chi connectivity index (χ1n) is 6.80. The van der Waals surface area contributed by atoms with Crippen molar-refractivity contribution in [2.24, 2.45) is 0 Å². The van der Waals surface area contributed by atoms with E-state index in [4.69, 9.17) is 0 Å². The van der Waals surface area contributed by atoms with E-state index in [0.29, 0.717) is 0 Å². The van der Waals surface area contributed by atoms with Gasteiger partial charge >= 0.3 is 0 Å². The lowest BCUT2D eigenvalue weighted by Gasteiger charge is -2.05. The molecule has 1 nitrogen and oxygen atoms in total. The van der Waals surface area contributed by atoms with E-state index in [9.17, 15) is 0 Å². The zero-order chi connectivity index (χ0) is 13.7.